The normalized spacial score (nSPS) is 11.5. The summed E-state index contributed by atoms with van der Waals surface area (Å²) in [6.07, 6.45) is 0.831. The molecule has 0 fully saturated rings. The van der Waals surface area contributed by atoms with Gasteiger partial charge >= 0.3 is 0 Å². The SMILES string of the molecule is CCCNC(=O)[C@H](C)NC(=O)c1cc(Cl)c(OC)c(OC)c1. The molecule has 0 unspecified atom stereocenters. The summed E-state index contributed by atoms with van der Waals surface area (Å²) in [6.45, 7) is 4.14. The van der Waals surface area contributed by atoms with Gasteiger partial charge in [-0.05, 0) is 25.5 Å². The van der Waals surface area contributed by atoms with Gasteiger partial charge in [0.05, 0.1) is 19.2 Å². The second-order valence-electron chi connectivity index (χ2n) is 4.68. The van der Waals surface area contributed by atoms with Crippen molar-refractivity contribution in [1.82, 2.24) is 10.6 Å². The molecule has 0 saturated carbocycles. The highest BCUT2D eigenvalue weighted by Crippen LogP contribution is 2.35. The molecular formula is C15H21ClN2O4. The quantitative estimate of drug-likeness (QED) is 0.802. The van der Waals surface area contributed by atoms with Crippen molar-refractivity contribution in [2.75, 3.05) is 20.8 Å². The van der Waals surface area contributed by atoms with E-state index < -0.39 is 11.9 Å². The molecule has 1 rings (SSSR count). The zero-order valence-corrected chi connectivity index (χ0v) is 13.9. The van der Waals surface area contributed by atoms with E-state index in [0.29, 0.717) is 18.0 Å². The summed E-state index contributed by atoms with van der Waals surface area (Å²) < 4.78 is 10.3. The fraction of sp³-hybridized carbons (Fsp3) is 0.467. The van der Waals surface area contributed by atoms with Crippen molar-refractivity contribution in [1.29, 1.82) is 0 Å². The first kappa shape index (κ1) is 18.1. The molecule has 0 radical (unpaired) electrons. The number of rotatable bonds is 7. The van der Waals surface area contributed by atoms with E-state index in [0.717, 1.165) is 6.42 Å². The minimum atomic E-state index is -0.647. The number of hydrogen-bond acceptors (Lipinski definition) is 4. The molecule has 22 heavy (non-hydrogen) atoms. The van der Waals surface area contributed by atoms with Crippen LogP contribution in [0.5, 0.6) is 11.5 Å². The van der Waals surface area contributed by atoms with E-state index in [4.69, 9.17) is 21.1 Å². The van der Waals surface area contributed by atoms with Crippen molar-refractivity contribution in [3.63, 3.8) is 0 Å². The van der Waals surface area contributed by atoms with E-state index in [9.17, 15) is 9.59 Å². The second-order valence-corrected chi connectivity index (χ2v) is 5.09. The molecule has 0 bridgehead atoms. The van der Waals surface area contributed by atoms with Crippen LogP contribution in [0.3, 0.4) is 0 Å². The molecule has 2 N–H and O–H groups in total. The zero-order chi connectivity index (χ0) is 16.7. The van der Waals surface area contributed by atoms with Crippen LogP contribution in [-0.2, 0) is 4.79 Å². The molecule has 0 aliphatic heterocycles. The van der Waals surface area contributed by atoms with Gasteiger partial charge in [0.1, 0.15) is 6.04 Å². The summed E-state index contributed by atoms with van der Waals surface area (Å²) in [4.78, 5) is 24.0. The Morgan fingerprint density at radius 1 is 1.27 bits per heavy atom. The number of ether oxygens (including phenoxy) is 2. The summed E-state index contributed by atoms with van der Waals surface area (Å²) in [7, 11) is 2.92. The minimum absolute atomic E-state index is 0.234. The predicted octanol–water partition coefficient (Wildman–Crippen LogP) is 2.00. The summed E-state index contributed by atoms with van der Waals surface area (Å²) in [5, 5.41) is 5.59. The van der Waals surface area contributed by atoms with Crippen molar-refractivity contribution >= 4 is 23.4 Å². The molecule has 0 spiro atoms. The fourth-order valence-electron chi connectivity index (χ4n) is 1.80. The molecular weight excluding hydrogens is 308 g/mol. The van der Waals surface area contributed by atoms with E-state index in [1.807, 2.05) is 6.92 Å². The van der Waals surface area contributed by atoms with Gasteiger partial charge in [-0.1, -0.05) is 18.5 Å². The maximum atomic E-state index is 12.2. The third kappa shape index (κ3) is 4.53. The monoisotopic (exact) mass is 328 g/mol. The molecule has 1 aromatic carbocycles. The summed E-state index contributed by atoms with van der Waals surface area (Å²) in [5.74, 6) is 0.0569. The van der Waals surface area contributed by atoms with E-state index in [2.05, 4.69) is 10.6 Å². The largest absolute Gasteiger partial charge is 0.493 e. The van der Waals surface area contributed by atoms with Gasteiger partial charge in [-0.15, -0.1) is 0 Å². The number of hydrogen-bond donors (Lipinski definition) is 2. The number of methoxy groups -OCH3 is 2. The summed E-state index contributed by atoms with van der Waals surface area (Å²) >= 11 is 6.06. The Hall–Kier alpha value is -1.95. The predicted molar refractivity (Wildman–Crippen MR) is 84.8 cm³/mol. The minimum Gasteiger partial charge on any atom is -0.493 e. The average molecular weight is 329 g/mol. The van der Waals surface area contributed by atoms with Gasteiger partial charge in [0, 0.05) is 12.1 Å². The van der Waals surface area contributed by atoms with Crippen molar-refractivity contribution in [3.05, 3.63) is 22.7 Å². The first-order chi connectivity index (χ1) is 10.4. The van der Waals surface area contributed by atoms with Crippen LogP contribution >= 0.6 is 11.6 Å². The lowest BCUT2D eigenvalue weighted by Gasteiger charge is -2.15. The summed E-state index contributed by atoms with van der Waals surface area (Å²) in [6, 6.07) is 2.33. The molecule has 1 atom stereocenters. The van der Waals surface area contributed by atoms with Crippen LogP contribution in [0.4, 0.5) is 0 Å². The molecule has 1 aromatic rings. The Bertz CT molecular complexity index is 549. The molecule has 7 heteroatoms. The molecule has 0 saturated heterocycles. The standard InChI is InChI=1S/C15H21ClN2O4/c1-5-6-17-14(19)9(2)18-15(20)10-7-11(16)13(22-4)12(8-10)21-3/h7-9H,5-6H2,1-4H3,(H,17,19)(H,18,20)/t9-/m0/s1. The van der Waals surface area contributed by atoms with Crippen LogP contribution in [-0.4, -0.2) is 38.6 Å². The van der Waals surface area contributed by atoms with E-state index in [1.54, 1.807) is 6.92 Å². The number of amides is 2. The van der Waals surface area contributed by atoms with E-state index in [1.165, 1.54) is 26.4 Å². The lowest BCUT2D eigenvalue weighted by Crippen LogP contribution is -2.45. The van der Waals surface area contributed by atoms with Gasteiger partial charge in [0.25, 0.3) is 5.91 Å². The molecule has 6 nitrogen and oxygen atoms in total. The first-order valence-electron chi connectivity index (χ1n) is 6.94. The maximum absolute atomic E-state index is 12.2. The Kier molecular flexibility index (Phi) is 6.98. The fourth-order valence-corrected chi connectivity index (χ4v) is 2.08. The number of halogens is 1. The van der Waals surface area contributed by atoms with Crippen LogP contribution in [0, 0.1) is 0 Å². The third-order valence-corrected chi connectivity index (χ3v) is 3.27. The zero-order valence-electron chi connectivity index (χ0n) is 13.2. The lowest BCUT2D eigenvalue weighted by molar-refractivity contribution is -0.122. The van der Waals surface area contributed by atoms with Crippen LogP contribution in [0.15, 0.2) is 12.1 Å². The van der Waals surface area contributed by atoms with Gasteiger partial charge in [-0.3, -0.25) is 9.59 Å². The van der Waals surface area contributed by atoms with Crippen LogP contribution in [0.1, 0.15) is 30.6 Å². The Labute approximate surface area is 135 Å². The molecule has 0 heterocycles. The lowest BCUT2D eigenvalue weighted by atomic mass is 10.1. The number of carbonyl (C=O) groups excluding carboxylic acids is 2. The highest BCUT2D eigenvalue weighted by molar-refractivity contribution is 6.32. The van der Waals surface area contributed by atoms with Gasteiger partial charge in [0.2, 0.25) is 5.91 Å². The van der Waals surface area contributed by atoms with Gasteiger partial charge in [-0.25, -0.2) is 0 Å². The molecule has 0 aliphatic rings. The molecule has 0 aromatic heterocycles. The number of benzene rings is 1. The highest BCUT2D eigenvalue weighted by atomic mass is 35.5. The molecule has 0 aliphatic carbocycles. The van der Waals surface area contributed by atoms with Crippen molar-refractivity contribution < 1.29 is 19.1 Å². The Morgan fingerprint density at radius 3 is 2.50 bits per heavy atom. The van der Waals surface area contributed by atoms with Crippen LogP contribution < -0.4 is 20.1 Å². The van der Waals surface area contributed by atoms with Gasteiger partial charge in [-0.2, -0.15) is 0 Å². The van der Waals surface area contributed by atoms with E-state index >= 15 is 0 Å². The second kappa shape index (κ2) is 8.48. The van der Waals surface area contributed by atoms with Crippen molar-refractivity contribution in [3.8, 4) is 11.5 Å². The summed E-state index contributed by atoms with van der Waals surface area (Å²) in [5.41, 5.74) is 0.290. The van der Waals surface area contributed by atoms with Crippen LogP contribution in [0.25, 0.3) is 0 Å². The number of carbonyl (C=O) groups is 2. The van der Waals surface area contributed by atoms with Crippen molar-refractivity contribution in [2.24, 2.45) is 0 Å². The van der Waals surface area contributed by atoms with Gasteiger partial charge in [0.15, 0.2) is 11.5 Å². The smallest absolute Gasteiger partial charge is 0.252 e. The maximum Gasteiger partial charge on any atom is 0.252 e. The third-order valence-electron chi connectivity index (χ3n) is 2.99. The average Bonchev–Trinajstić information content (AvgIpc) is 2.51. The molecule has 2 amide bonds. The van der Waals surface area contributed by atoms with Gasteiger partial charge < -0.3 is 20.1 Å². The Morgan fingerprint density at radius 2 is 1.95 bits per heavy atom. The van der Waals surface area contributed by atoms with E-state index in [-0.39, 0.29) is 16.5 Å². The highest BCUT2D eigenvalue weighted by Gasteiger charge is 2.19. The molecule has 122 valence electrons. The topological polar surface area (TPSA) is 76.7 Å². The number of nitrogens with one attached hydrogen (secondary N) is 2. The Balaban J connectivity index is 2.85. The van der Waals surface area contributed by atoms with Crippen molar-refractivity contribution in [2.45, 2.75) is 26.3 Å². The van der Waals surface area contributed by atoms with Crippen LogP contribution in [0.2, 0.25) is 5.02 Å². The first-order valence-corrected chi connectivity index (χ1v) is 7.32.